The number of anilines is 1. The molecule has 0 aliphatic carbocycles. The molecule has 1 unspecified atom stereocenters. The minimum Gasteiger partial charge on any atom is -0.389 e. The van der Waals surface area contributed by atoms with Gasteiger partial charge in [0.25, 0.3) is 0 Å². The quantitative estimate of drug-likeness (QED) is 0.746. The van der Waals surface area contributed by atoms with E-state index in [9.17, 15) is 0 Å². The molecule has 0 radical (unpaired) electrons. The monoisotopic (exact) mass is 238 g/mol. The van der Waals surface area contributed by atoms with Gasteiger partial charge in [-0.25, -0.2) is 0 Å². The van der Waals surface area contributed by atoms with Gasteiger partial charge in [-0.1, -0.05) is 12.2 Å². The van der Waals surface area contributed by atoms with Crippen LogP contribution < -0.4 is 11.1 Å². The van der Waals surface area contributed by atoms with E-state index in [1.807, 2.05) is 38.1 Å². The van der Waals surface area contributed by atoms with Gasteiger partial charge in [0, 0.05) is 24.4 Å². The second kappa shape index (κ2) is 6.45. The van der Waals surface area contributed by atoms with E-state index in [1.165, 1.54) is 0 Å². The third-order valence-corrected chi connectivity index (χ3v) is 2.45. The third kappa shape index (κ3) is 4.16. The number of hydrogen-bond donors (Lipinski definition) is 2. The Morgan fingerprint density at radius 3 is 2.56 bits per heavy atom. The van der Waals surface area contributed by atoms with Gasteiger partial charge in [-0.2, -0.15) is 0 Å². The average Bonchev–Trinajstić information content (AvgIpc) is 2.27. The summed E-state index contributed by atoms with van der Waals surface area (Å²) in [5.41, 5.74) is 7.45. The molecule has 1 aromatic carbocycles. The molecule has 0 spiro atoms. The molecule has 88 valence electrons. The zero-order valence-corrected chi connectivity index (χ0v) is 10.5. The summed E-state index contributed by atoms with van der Waals surface area (Å²) in [6.45, 7) is 5.57. The molecule has 0 aliphatic heterocycles. The third-order valence-electron chi connectivity index (χ3n) is 2.21. The van der Waals surface area contributed by atoms with Gasteiger partial charge in [-0.15, -0.1) is 0 Å². The van der Waals surface area contributed by atoms with Crippen LogP contribution in [0.2, 0.25) is 0 Å². The van der Waals surface area contributed by atoms with Crippen molar-refractivity contribution < 1.29 is 4.74 Å². The Labute approximate surface area is 102 Å². The normalized spacial score (nSPS) is 12.1. The molecule has 4 heteroatoms. The number of ether oxygens (including phenoxy) is 1. The maximum absolute atomic E-state index is 5.52. The molecule has 0 saturated carbocycles. The van der Waals surface area contributed by atoms with Crippen LogP contribution in [0.1, 0.15) is 19.4 Å². The summed E-state index contributed by atoms with van der Waals surface area (Å²) in [4.78, 5) is 0.425. The van der Waals surface area contributed by atoms with Gasteiger partial charge in [-0.3, -0.25) is 0 Å². The molecule has 0 bridgehead atoms. The minimum absolute atomic E-state index is 0.209. The van der Waals surface area contributed by atoms with Crippen LogP contribution in [0.5, 0.6) is 0 Å². The SMILES string of the molecule is CCOC(C)CNc1ccc(C(N)=S)cc1. The Morgan fingerprint density at radius 2 is 2.06 bits per heavy atom. The van der Waals surface area contributed by atoms with Crippen LogP contribution in [0.3, 0.4) is 0 Å². The van der Waals surface area contributed by atoms with E-state index in [0.29, 0.717) is 4.99 Å². The molecule has 1 rings (SSSR count). The molecule has 1 aromatic rings. The smallest absolute Gasteiger partial charge is 0.103 e. The van der Waals surface area contributed by atoms with Gasteiger partial charge < -0.3 is 15.8 Å². The molecule has 3 nitrogen and oxygen atoms in total. The Bertz CT molecular complexity index is 337. The van der Waals surface area contributed by atoms with Crippen molar-refractivity contribution in [1.29, 1.82) is 0 Å². The molecular weight excluding hydrogens is 220 g/mol. The average molecular weight is 238 g/mol. The van der Waals surface area contributed by atoms with Gasteiger partial charge >= 0.3 is 0 Å². The summed E-state index contributed by atoms with van der Waals surface area (Å²) in [5.74, 6) is 0. The second-order valence-corrected chi connectivity index (χ2v) is 4.03. The largest absolute Gasteiger partial charge is 0.389 e. The summed E-state index contributed by atoms with van der Waals surface area (Å²) in [5, 5.41) is 3.29. The van der Waals surface area contributed by atoms with Gasteiger partial charge in [0.1, 0.15) is 4.99 Å². The summed E-state index contributed by atoms with van der Waals surface area (Å²) < 4.78 is 5.42. The Hall–Kier alpha value is -1.13. The topological polar surface area (TPSA) is 47.3 Å². The number of rotatable bonds is 6. The molecule has 0 fully saturated rings. The maximum atomic E-state index is 5.52. The lowest BCUT2D eigenvalue weighted by Crippen LogP contribution is -2.19. The van der Waals surface area contributed by atoms with Crippen molar-refractivity contribution in [2.45, 2.75) is 20.0 Å². The van der Waals surface area contributed by atoms with Gasteiger partial charge in [-0.05, 0) is 38.1 Å². The Morgan fingerprint density at radius 1 is 1.44 bits per heavy atom. The molecule has 0 saturated heterocycles. The van der Waals surface area contributed by atoms with Crippen LogP contribution in [0.15, 0.2) is 24.3 Å². The molecule has 0 heterocycles. The first-order valence-electron chi connectivity index (χ1n) is 5.38. The highest BCUT2D eigenvalue weighted by molar-refractivity contribution is 7.80. The highest BCUT2D eigenvalue weighted by Gasteiger charge is 2.01. The minimum atomic E-state index is 0.209. The summed E-state index contributed by atoms with van der Waals surface area (Å²) in [6.07, 6.45) is 0.209. The van der Waals surface area contributed by atoms with Crippen molar-refractivity contribution in [3.8, 4) is 0 Å². The fraction of sp³-hybridized carbons (Fsp3) is 0.417. The molecule has 3 N–H and O–H groups in total. The van der Waals surface area contributed by atoms with Gasteiger partial charge in [0.05, 0.1) is 6.10 Å². The van der Waals surface area contributed by atoms with Crippen molar-refractivity contribution in [3.05, 3.63) is 29.8 Å². The van der Waals surface area contributed by atoms with E-state index in [4.69, 9.17) is 22.7 Å². The van der Waals surface area contributed by atoms with Crippen LogP contribution in [0.25, 0.3) is 0 Å². The first-order chi connectivity index (χ1) is 7.63. The predicted molar refractivity (Wildman–Crippen MR) is 71.9 cm³/mol. The van der Waals surface area contributed by atoms with Crippen molar-refractivity contribution in [3.63, 3.8) is 0 Å². The summed E-state index contributed by atoms with van der Waals surface area (Å²) in [7, 11) is 0. The van der Waals surface area contributed by atoms with Gasteiger partial charge in [0.15, 0.2) is 0 Å². The zero-order chi connectivity index (χ0) is 12.0. The van der Waals surface area contributed by atoms with Crippen LogP contribution in [0, 0.1) is 0 Å². The molecule has 0 amide bonds. The molecule has 0 aliphatic rings. The predicted octanol–water partition coefficient (Wildman–Crippen LogP) is 2.16. The van der Waals surface area contributed by atoms with Crippen LogP contribution >= 0.6 is 12.2 Å². The van der Waals surface area contributed by atoms with Crippen molar-refractivity contribution in [1.82, 2.24) is 0 Å². The number of thiocarbonyl (C=S) groups is 1. The van der Waals surface area contributed by atoms with Crippen LogP contribution in [-0.2, 0) is 4.74 Å². The molecule has 0 aromatic heterocycles. The van der Waals surface area contributed by atoms with E-state index in [0.717, 1.165) is 24.4 Å². The van der Waals surface area contributed by atoms with E-state index >= 15 is 0 Å². The fourth-order valence-corrected chi connectivity index (χ4v) is 1.49. The summed E-state index contributed by atoms with van der Waals surface area (Å²) >= 11 is 4.88. The van der Waals surface area contributed by atoms with Crippen molar-refractivity contribution in [2.24, 2.45) is 5.73 Å². The van der Waals surface area contributed by atoms with Crippen LogP contribution in [-0.4, -0.2) is 24.2 Å². The standard InChI is InChI=1S/C12H18N2OS/c1-3-15-9(2)8-14-11-6-4-10(5-7-11)12(13)16/h4-7,9,14H,3,8H2,1-2H3,(H2,13,16). The number of nitrogens with one attached hydrogen (secondary N) is 1. The first-order valence-corrected chi connectivity index (χ1v) is 5.79. The lowest BCUT2D eigenvalue weighted by atomic mass is 10.2. The lowest BCUT2D eigenvalue weighted by Gasteiger charge is -2.13. The first kappa shape index (κ1) is 12.9. The van der Waals surface area contributed by atoms with E-state index in [2.05, 4.69) is 5.32 Å². The van der Waals surface area contributed by atoms with E-state index < -0.39 is 0 Å². The van der Waals surface area contributed by atoms with Gasteiger partial charge in [0.2, 0.25) is 0 Å². The number of nitrogens with two attached hydrogens (primary N) is 1. The lowest BCUT2D eigenvalue weighted by molar-refractivity contribution is 0.0855. The zero-order valence-electron chi connectivity index (χ0n) is 9.69. The maximum Gasteiger partial charge on any atom is 0.103 e. The Kier molecular flexibility index (Phi) is 5.22. The number of hydrogen-bond acceptors (Lipinski definition) is 3. The second-order valence-electron chi connectivity index (χ2n) is 3.59. The van der Waals surface area contributed by atoms with E-state index in [1.54, 1.807) is 0 Å². The Balaban J connectivity index is 2.46. The van der Waals surface area contributed by atoms with Crippen molar-refractivity contribution >= 4 is 22.9 Å². The number of benzene rings is 1. The van der Waals surface area contributed by atoms with Crippen molar-refractivity contribution in [2.75, 3.05) is 18.5 Å². The van der Waals surface area contributed by atoms with Crippen LogP contribution in [0.4, 0.5) is 5.69 Å². The highest BCUT2D eigenvalue weighted by atomic mass is 32.1. The van der Waals surface area contributed by atoms with E-state index in [-0.39, 0.29) is 6.10 Å². The molecular formula is C12H18N2OS. The highest BCUT2D eigenvalue weighted by Crippen LogP contribution is 2.09. The molecule has 1 atom stereocenters. The fourth-order valence-electron chi connectivity index (χ4n) is 1.36. The molecule has 16 heavy (non-hydrogen) atoms. The summed E-state index contributed by atoms with van der Waals surface area (Å²) in [6, 6.07) is 7.76.